The van der Waals surface area contributed by atoms with Gasteiger partial charge >= 0.3 is 0 Å². The summed E-state index contributed by atoms with van der Waals surface area (Å²) in [7, 11) is 0. The van der Waals surface area contributed by atoms with Gasteiger partial charge in [-0.3, -0.25) is 4.90 Å². The Hall–Kier alpha value is -0.160. The average Bonchev–Trinajstić information content (AvgIpc) is 2.95. The second kappa shape index (κ2) is 6.85. The Labute approximate surface area is 121 Å². The van der Waals surface area contributed by atoms with Crippen LogP contribution in [0.2, 0.25) is 0 Å². The molecule has 1 aromatic heterocycles. The maximum atomic E-state index is 9.54. The predicted molar refractivity (Wildman–Crippen MR) is 81.2 cm³/mol. The molecule has 1 N–H and O–H groups in total. The van der Waals surface area contributed by atoms with E-state index in [0.717, 1.165) is 30.5 Å². The standard InChI is InChI=1S/C14H20BrNOS/c1-2-3-4-5-16-7-11(9-17)13(8-16)14-6-12(15)10-18-14/h3-4,6,10-11,13,17H,2,5,7-9H2,1H3/b4-3+. The minimum Gasteiger partial charge on any atom is -0.396 e. The predicted octanol–water partition coefficient (Wildman–Crippen LogP) is 3.48. The monoisotopic (exact) mass is 329 g/mol. The molecule has 1 aliphatic rings. The van der Waals surface area contributed by atoms with E-state index in [1.54, 1.807) is 11.3 Å². The van der Waals surface area contributed by atoms with E-state index >= 15 is 0 Å². The molecule has 0 saturated carbocycles. The molecule has 0 radical (unpaired) electrons. The van der Waals surface area contributed by atoms with E-state index in [9.17, 15) is 5.11 Å². The van der Waals surface area contributed by atoms with Gasteiger partial charge in [-0.1, -0.05) is 19.1 Å². The lowest BCUT2D eigenvalue weighted by Crippen LogP contribution is -2.21. The summed E-state index contributed by atoms with van der Waals surface area (Å²) in [5.41, 5.74) is 0. The normalized spacial score (nSPS) is 25.3. The van der Waals surface area contributed by atoms with Crippen LogP contribution in [0.25, 0.3) is 0 Å². The molecule has 18 heavy (non-hydrogen) atoms. The van der Waals surface area contributed by atoms with E-state index in [1.165, 1.54) is 4.88 Å². The molecule has 1 fully saturated rings. The first-order valence-corrected chi connectivity index (χ1v) is 8.14. The van der Waals surface area contributed by atoms with Crippen LogP contribution in [-0.2, 0) is 0 Å². The highest BCUT2D eigenvalue weighted by Crippen LogP contribution is 2.36. The van der Waals surface area contributed by atoms with Crippen LogP contribution < -0.4 is 0 Å². The van der Waals surface area contributed by atoms with Crippen molar-refractivity contribution in [1.29, 1.82) is 0 Å². The molecule has 2 heterocycles. The van der Waals surface area contributed by atoms with Crippen molar-refractivity contribution in [3.05, 3.63) is 32.9 Å². The third-order valence-corrected chi connectivity index (χ3v) is 5.30. The number of hydrogen-bond donors (Lipinski definition) is 1. The number of hydrogen-bond acceptors (Lipinski definition) is 3. The number of nitrogens with zero attached hydrogens (tertiary/aromatic N) is 1. The number of aliphatic hydroxyl groups is 1. The van der Waals surface area contributed by atoms with Gasteiger partial charge in [0.25, 0.3) is 0 Å². The minimum atomic E-state index is 0.286. The summed E-state index contributed by atoms with van der Waals surface area (Å²) < 4.78 is 1.16. The molecule has 2 atom stereocenters. The van der Waals surface area contributed by atoms with E-state index in [0.29, 0.717) is 11.8 Å². The summed E-state index contributed by atoms with van der Waals surface area (Å²) in [6, 6.07) is 2.20. The third-order valence-electron chi connectivity index (χ3n) is 3.47. The van der Waals surface area contributed by atoms with Crippen molar-refractivity contribution in [1.82, 2.24) is 4.90 Å². The van der Waals surface area contributed by atoms with Gasteiger partial charge in [0.1, 0.15) is 0 Å². The zero-order chi connectivity index (χ0) is 13.0. The van der Waals surface area contributed by atoms with E-state index in [2.05, 4.69) is 51.4 Å². The molecule has 1 aromatic rings. The van der Waals surface area contributed by atoms with Crippen molar-refractivity contribution < 1.29 is 5.11 Å². The van der Waals surface area contributed by atoms with Crippen LogP contribution in [0, 0.1) is 5.92 Å². The van der Waals surface area contributed by atoms with Crippen LogP contribution >= 0.6 is 27.3 Å². The molecule has 2 unspecified atom stereocenters. The van der Waals surface area contributed by atoms with Crippen molar-refractivity contribution in [3.8, 4) is 0 Å². The Morgan fingerprint density at radius 3 is 2.94 bits per heavy atom. The first kappa shape index (κ1) is 14.3. The molecule has 2 nitrogen and oxygen atoms in total. The Bertz CT molecular complexity index is 404. The fourth-order valence-corrected chi connectivity index (χ4v) is 4.16. The van der Waals surface area contributed by atoms with Crippen molar-refractivity contribution in [2.24, 2.45) is 5.92 Å². The molecule has 4 heteroatoms. The van der Waals surface area contributed by atoms with Crippen LogP contribution in [0.1, 0.15) is 24.1 Å². The molecule has 100 valence electrons. The quantitative estimate of drug-likeness (QED) is 0.836. The summed E-state index contributed by atoms with van der Waals surface area (Å²) >= 11 is 5.30. The number of aliphatic hydroxyl groups excluding tert-OH is 1. The van der Waals surface area contributed by atoms with E-state index < -0.39 is 0 Å². The SMILES string of the molecule is CC/C=C/CN1CC(CO)C(c2cc(Br)cs2)C1. The molecule has 0 aromatic carbocycles. The van der Waals surface area contributed by atoms with Crippen molar-refractivity contribution >= 4 is 27.3 Å². The van der Waals surface area contributed by atoms with Crippen molar-refractivity contribution in [2.75, 3.05) is 26.2 Å². The fraction of sp³-hybridized carbons (Fsp3) is 0.571. The number of rotatable bonds is 5. The highest BCUT2D eigenvalue weighted by Gasteiger charge is 2.33. The second-order valence-corrected chi connectivity index (χ2v) is 6.67. The van der Waals surface area contributed by atoms with E-state index in [1.807, 2.05) is 0 Å². The largest absolute Gasteiger partial charge is 0.396 e. The first-order valence-electron chi connectivity index (χ1n) is 6.46. The Balaban J connectivity index is 2.00. The summed E-state index contributed by atoms with van der Waals surface area (Å²) in [6.45, 7) is 5.52. The number of likely N-dealkylation sites (tertiary alicyclic amines) is 1. The van der Waals surface area contributed by atoms with Crippen LogP contribution in [0.4, 0.5) is 0 Å². The summed E-state index contributed by atoms with van der Waals surface area (Å²) in [4.78, 5) is 3.83. The van der Waals surface area contributed by atoms with E-state index in [-0.39, 0.29) is 6.61 Å². The van der Waals surface area contributed by atoms with Gasteiger partial charge in [-0.2, -0.15) is 0 Å². The maximum absolute atomic E-state index is 9.54. The zero-order valence-corrected chi connectivity index (χ0v) is 13.1. The molecule has 1 saturated heterocycles. The lowest BCUT2D eigenvalue weighted by molar-refractivity contribution is 0.218. The van der Waals surface area contributed by atoms with Crippen LogP contribution in [-0.4, -0.2) is 36.2 Å². The lowest BCUT2D eigenvalue weighted by atomic mass is 9.95. The zero-order valence-electron chi connectivity index (χ0n) is 10.7. The van der Waals surface area contributed by atoms with Crippen molar-refractivity contribution in [3.63, 3.8) is 0 Å². The van der Waals surface area contributed by atoms with Gasteiger partial charge in [-0.15, -0.1) is 11.3 Å². The number of halogens is 1. The van der Waals surface area contributed by atoms with Gasteiger partial charge < -0.3 is 5.11 Å². The van der Waals surface area contributed by atoms with Gasteiger partial charge in [0.15, 0.2) is 0 Å². The fourth-order valence-electron chi connectivity index (χ4n) is 2.53. The van der Waals surface area contributed by atoms with Crippen LogP contribution in [0.3, 0.4) is 0 Å². The van der Waals surface area contributed by atoms with Gasteiger partial charge in [-0.25, -0.2) is 0 Å². The molecule has 1 aliphatic heterocycles. The maximum Gasteiger partial charge on any atom is 0.0478 e. The number of thiophene rings is 1. The molecule has 0 spiro atoms. The van der Waals surface area contributed by atoms with Crippen LogP contribution in [0.15, 0.2) is 28.1 Å². The topological polar surface area (TPSA) is 23.5 Å². The number of allylic oxidation sites excluding steroid dienone is 1. The van der Waals surface area contributed by atoms with Crippen molar-refractivity contribution in [2.45, 2.75) is 19.3 Å². The minimum absolute atomic E-state index is 0.286. The van der Waals surface area contributed by atoms with Gasteiger partial charge in [0.2, 0.25) is 0 Å². The van der Waals surface area contributed by atoms with E-state index in [4.69, 9.17) is 0 Å². The Kier molecular flexibility index (Phi) is 5.42. The summed E-state index contributed by atoms with van der Waals surface area (Å²) in [5.74, 6) is 0.868. The molecule has 2 rings (SSSR count). The first-order chi connectivity index (χ1) is 8.74. The van der Waals surface area contributed by atoms with Gasteiger partial charge in [-0.05, 0) is 28.4 Å². The molecular weight excluding hydrogens is 310 g/mol. The second-order valence-electron chi connectivity index (χ2n) is 4.81. The van der Waals surface area contributed by atoms with Crippen LogP contribution in [0.5, 0.6) is 0 Å². The Morgan fingerprint density at radius 2 is 2.33 bits per heavy atom. The Morgan fingerprint density at radius 1 is 1.50 bits per heavy atom. The lowest BCUT2D eigenvalue weighted by Gasteiger charge is -2.13. The highest BCUT2D eigenvalue weighted by atomic mass is 79.9. The molecule has 0 amide bonds. The highest BCUT2D eigenvalue weighted by molar-refractivity contribution is 9.10. The average molecular weight is 330 g/mol. The molecular formula is C14H20BrNOS. The molecule has 0 bridgehead atoms. The van der Waals surface area contributed by atoms with Gasteiger partial charge in [0, 0.05) is 52.8 Å². The summed E-state index contributed by atoms with van der Waals surface area (Å²) in [5, 5.41) is 11.7. The molecule has 0 aliphatic carbocycles. The smallest absolute Gasteiger partial charge is 0.0478 e. The van der Waals surface area contributed by atoms with Gasteiger partial charge in [0.05, 0.1) is 0 Å². The summed E-state index contributed by atoms with van der Waals surface area (Å²) in [6.07, 6.45) is 5.54. The third kappa shape index (κ3) is 3.44.